The first kappa shape index (κ1) is 12.0. The van der Waals surface area contributed by atoms with Gasteiger partial charge < -0.3 is 0 Å². The number of hydrazine groups is 1. The zero-order chi connectivity index (χ0) is 11.3. The molecule has 0 aromatic rings. The second-order valence-electron chi connectivity index (χ2n) is 4.15. The number of nitrogens with one attached hydrogen (secondary N) is 1. The molecule has 1 heterocycles. The average Bonchev–Trinajstić information content (AvgIpc) is 2.48. The Kier molecular flexibility index (Phi) is 4.59. The first-order valence-electron chi connectivity index (χ1n) is 5.77. The number of hydrogen-bond donors (Lipinski definition) is 1. The van der Waals surface area contributed by atoms with Crippen molar-refractivity contribution >= 4 is 11.8 Å². The van der Waals surface area contributed by atoms with Crippen molar-refractivity contribution in [1.82, 2.24) is 10.4 Å². The number of hydrogen-bond acceptors (Lipinski definition) is 2. The second-order valence-corrected chi connectivity index (χ2v) is 4.15. The standard InChI is InChI=1S/C11H20N2O2/c1-3-5-9-7-11(15)13(8-9)12-10(14)6-4-2/h9H,3-8H2,1-2H3,(H,12,14)/t9-/m1/s1. The molecule has 2 amide bonds. The highest BCUT2D eigenvalue weighted by molar-refractivity contribution is 5.83. The van der Waals surface area contributed by atoms with Gasteiger partial charge in [-0.1, -0.05) is 20.3 Å². The van der Waals surface area contributed by atoms with Crippen molar-refractivity contribution in [2.24, 2.45) is 5.92 Å². The summed E-state index contributed by atoms with van der Waals surface area (Å²) in [5, 5.41) is 1.48. The second kappa shape index (κ2) is 5.73. The van der Waals surface area contributed by atoms with Gasteiger partial charge in [-0.25, -0.2) is 0 Å². The third-order valence-electron chi connectivity index (χ3n) is 2.64. The van der Waals surface area contributed by atoms with Crippen LogP contribution in [-0.2, 0) is 9.59 Å². The minimum atomic E-state index is -0.0528. The molecule has 1 atom stereocenters. The number of nitrogens with zero attached hydrogens (tertiary/aromatic N) is 1. The van der Waals surface area contributed by atoms with Gasteiger partial charge >= 0.3 is 0 Å². The zero-order valence-corrected chi connectivity index (χ0v) is 9.58. The molecule has 1 fully saturated rings. The van der Waals surface area contributed by atoms with Crippen LogP contribution in [0.15, 0.2) is 0 Å². The molecule has 0 aromatic carbocycles. The average molecular weight is 212 g/mol. The summed E-state index contributed by atoms with van der Waals surface area (Å²) in [7, 11) is 0. The topological polar surface area (TPSA) is 49.4 Å². The maximum atomic E-state index is 11.5. The SMILES string of the molecule is CCCC(=O)NN1C[C@H](CCC)CC1=O. The Morgan fingerprint density at radius 1 is 1.47 bits per heavy atom. The Hall–Kier alpha value is -1.06. The van der Waals surface area contributed by atoms with Crippen LogP contribution < -0.4 is 5.43 Å². The normalized spacial score (nSPS) is 20.8. The van der Waals surface area contributed by atoms with E-state index in [1.54, 1.807) is 0 Å². The maximum Gasteiger partial charge on any atom is 0.241 e. The summed E-state index contributed by atoms with van der Waals surface area (Å²) in [6.07, 6.45) is 4.04. The van der Waals surface area contributed by atoms with Gasteiger partial charge in [0.25, 0.3) is 0 Å². The van der Waals surface area contributed by atoms with E-state index in [2.05, 4.69) is 12.3 Å². The summed E-state index contributed by atoms with van der Waals surface area (Å²) in [6, 6.07) is 0. The lowest BCUT2D eigenvalue weighted by molar-refractivity contribution is -0.138. The smallest absolute Gasteiger partial charge is 0.241 e. The van der Waals surface area contributed by atoms with Crippen molar-refractivity contribution in [3.05, 3.63) is 0 Å². The monoisotopic (exact) mass is 212 g/mol. The van der Waals surface area contributed by atoms with E-state index in [9.17, 15) is 9.59 Å². The molecule has 1 aliphatic rings. The van der Waals surface area contributed by atoms with E-state index < -0.39 is 0 Å². The first-order chi connectivity index (χ1) is 7.17. The zero-order valence-electron chi connectivity index (χ0n) is 9.58. The molecular weight excluding hydrogens is 192 g/mol. The van der Waals surface area contributed by atoms with Gasteiger partial charge in [0.15, 0.2) is 0 Å². The fraction of sp³-hybridized carbons (Fsp3) is 0.818. The highest BCUT2D eigenvalue weighted by atomic mass is 16.2. The van der Waals surface area contributed by atoms with Gasteiger partial charge in [-0.15, -0.1) is 0 Å². The predicted octanol–water partition coefficient (Wildman–Crippen LogP) is 1.47. The molecule has 0 aromatic heterocycles. The van der Waals surface area contributed by atoms with Crippen molar-refractivity contribution in [2.45, 2.75) is 46.0 Å². The van der Waals surface area contributed by atoms with Crippen LogP contribution in [0.3, 0.4) is 0 Å². The minimum Gasteiger partial charge on any atom is -0.273 e. The van der Waals surface area contributed by atoms with Crippen LogP contribution in [0.5, 0.6) is 0 Å². The van der Waals surface area contributed by atoms with Crippen molar-refractivity contribution in [2.75, 3.05) is 6.54 Å². The minimum absolute atomic E-state index is 0.0528. The summed E-state index contributed by atoms with van der Waals surface area (Å²) < 4.78 is 0. The van der Waals surface area contributed by atoms with Crippen molar-refractivity contribution in [3.63, 3.8) is 0 Å². The lowest BCUT2D eigenvalue weighted by Gasteiger charge is -2.17. The summed E-state index contributed by atoms with van der Waals surface area (Å²) in [5.41, 5.74) is 2.66. The predicted molar refractivity (Wildman–Crippen MR) is 57.8 cm³/mol. The van der Waals surface area contributed by atoms with Gasteiger partial charge in [-0.3, -0.25) is 20.0 Å². The lowest BCUT2D eigenvalue weighted by atomic mass is 10.0. The van der Waals surface area contributed by atoms with E-state index in [-0.39, 0.29) is 11.8 Å². The third kappa shape index (κ3) is 3.53. The lowest BCUT2D eigenvalue weighted by Crippen LogP contribution is -2.43. The van der Waals surface area contributed by atoms with Crippen molar-refractivity contribution < 1.29 is 9.59 Å². The molecular formula is C11H20N2O2. The summed E-state index contributed by atoms with van der Waals surface area (Å²) >= 11 is 0. The summed E-state index contributed by atoms with van der Waals surface area (Å²) in [4.78, 5) is 22.8. The fourth-order valence-electron chi connectivity index (χ4n) is 1.92. The van der Waals surface area contributed by atoms with Gasteiger partial charge in [0, 0.05) is 19.4 Å². The van der Waals surface area contributed by atoms with Crippen LogP contribution in [-0.4, -0.2) is 23.4 Å². The number of carbonyl (C=O) groups excluding carboxylic acids is 2. The largest absolute Gasteiger partial charge is 0.273 e. The maximum absolute atomic E-state index is 11.5. The molecule has 0 radical (unpaired) electrons. The molecule has 1 rings (SSSR count). The Bertz CT molecular complexity index is 241. The van der Waals surface area contributed by atoms with Gasteiger partial charge in [0.2, 0.25) is 11.8 Å². The van der Waals surface area contributed by atoms with E-state index >= 15 is 0 Å². The Morgan fingerprint density at radius 2 is 2.20 bits per heavy atom. The van der Waals surface area contributed by atoms with E-state index in [4.69, 9.17) is 0 Å². The number of amides is 2. The van der Waals surface area contributed by atoms with Gasteiger partial charge in [0.05, 0.1) is 0 Å². The first-order valence-corrected chi connectivity index (χ1v) is 5.77. The summed E-state index contributed by atoms with van der Waals surface area (Å²) in [5.74, 6) is 0.422. The van der Waals surface area contributed by atoms with Crippen LogP contribution >= 0.6 is 0 Å². The van der Waals surface area contributed by atoms with Crippen LogP contribution in [0.1, 0.15) is 46.0 Å². The molecule has 86 valence electrons. The van der Waals surface area contributed by atoms with Crippen LogP contribution in [0.4, 0.5) is 0 Å². The molecule has 15 heavy (non-hydrogen) atoms. The van der Waals surface area contributed by atoms with Crippen molar-refractivity contribution in [1.29, 1.82) is 0 Å². The Morgan fingerprint density at radius 3 is 2.80 bits per heavy atom. The molecule has 0 aliphatic carbocycles. The highest BCUT2D eigenvalue weighted by Crippen LogP contribution is 2.20. The van der Waals surface area contributed by atoms with Gasteiger partial charge in [0.1, 0.15) is 0 Å². The number of rotatable bonds is 5. The summed E-state index contributed by atoms with van der Waals surface area (Å²) in [6.45, 7) is 4.75. The molecule has 0 unspecified atom stereocenters. The Labute approximate surface area is 91.0 Å². The van der Waals surface area contributed by atoms with Crippen molar-refractivity contribution in [3.8, 4) is 0 Å². The van der Waals surface area contributed by atoms with Gasteiger partial charge in [-0.2, -0.15) is 0 Å². The van der Waals surface area contributed by atoms with E-state index in [1.165, 1.54) is 5.01 Å². The molecule has 4 heteroatoms. The molecule has 0 spiro atoms. The molecule has 1 saturated heterocycles. The Balaban J connectivity index is 2.37. The fourth-order valence-corrected chi connectivity index (χ4v) is 1.92. The van der Waals surface area contributed by atoms with Crippen LogP contribution in [0, 0.1) is 5.92 Å². The highest BCUT2D eigenvalue weighted by Gasteiger charge is 2.29. The quantitative estimate of drug-likeness (QED) is 0.750. The van der Waals surface area contributed by atoms with E-state index in [1.807, 2.05) is 6.92 Å². The molecule has 0 saturated carbocycles. The third-order valence-corrected chi connectivity index (χ3v) is 2.64. The molecule has 0 bridgehead atoms. The molecule has 1 aliphatic heterocycles. The number of carbonyl (C=O) groups is 2. The van der Waals surface area contributed by atoms with E-state index in [0.29, 0.717) is 25.3 Å². The molecule has 1 N–H and O–H groups in total. The molecule has 4 nitrogen and oxygen atoms in total. The van der Waals surface area contributed by atoms with E-state index in [0.717, 1.165) is 19.3 Å². The van der Waals surface area contributed by atoms with Crippen LogP contribution in [0.2, 0.25) is 0 Å². The van der Waals surface area contributed by atoms with Gasteiger partial charge in [-0.05, 0) is 18.8 Å². The van der Waals surface area contributed by atoms with Crippen LogP contribution in [0.25, 0.3) is 0 Å².